The van der Waals surface area contributed by atoms with Gasteiger partial charge in [-0.2, -0.15) is 4.98 Å². The second kappa shape index (κ2) is 8.73. The van der Waals surface area contributed by atoms with Gasteiger partial charge in [-0.25, -0.2) is 4.98 Å². The fourth-order valence-corrected chi connectivity index (χ4v) is 2.11. The predicted octanol–water partition coefficient (Wildman–Crippen LogP) is 2.51. The average molecular weight is 314 g/mol. The summed E-state index contributed by atoms with van der Waals surface area (Å²) in [5, 5.41) is 0. The Morgan fingerprint density at radius 1 is 1.17 bits per heavy atom. The summed E-state index contributed by atoms with van der Waals surface area (Å²) in [5.74, 6) is 0.697. The normalized spacial score (nSPS) is 10.2. The first-order valence-electron chi connectivity index (χ1n) is 7.72. The van der Waals surface area contributed by atoms with Crippen LogP contribution in [0, 0.1) is 0 Å². The molecule has 0 spiro atoms. The van der Waals surface area contributed by atoms with Crippen LogP contribution in [0.3, 0.4) is 0 Å². The number of rotatable bonds is 8. The summed E-state index contributed by atoms with van der Waals surface area (Å²) in [6.07, 6.45) is 2.88. The number of carbonyl (C=O) groups is 1. The van der Waals surface area contributed by atoms with Crippen LogP contribution in [0.25, 0.3) is 0 Å². The van der Waals surface area contributed by atoms with Crippen LogP contribution in [-0.4, -0.2) is 23.0 Å². The van der Waals surface area contributed by atoms with Crippen LogP contribution >= 0.6 is 0 Å². The summed E-state index contributed by atoms with van der Waals surface area (Å²) >= 11 is 0. The fourth-order valence-electron chi connectivity index (χ4n) is 2.11. The van der Waals surface area contributed by atoms with E-state index in [1.165, 1.54) is 0 Å². The minimum absolute atomic E-state index is 0.114. The molecule has 0 aliphatic heterocycles. The lowest BCUT2D eigenvalue weighted by Crippen LogP contribution is -2.30. The molecular formula is C17H22N4O2. The van der Waals surface area contributed by atoms with E-state index >= 15 is 0 Å². The first-order valence-corrected chi connectivity index (χ1v) is 7.72. The molecular weight excluding hydrogens is 292 g/mol. The van der Waals surface area contributed by atoms with E-state index < -0.39 is 0 Å². The van der Waals surface area contributed by atoms with Gasteiger partial charge in [0, 0.05) is 18.2 Å². The Morgan fingerprint density at radius 2 is 1.96 bits per heavy atom. The van der Waals surface area contributed by atoms with E-state index in [9.17, 15) is 4.79 Å². The third-order valence-electron chi connectivity index (χ3n) is 3.27. The van der Waals surface area contributed by atoms with Gasteiger partial charge in [-0.1, -0.05) is 43.7 Å². The minimum Gasteiger partial charge on any atom is -0.481 e. The molecule has 2 aromatic rings. The highest BCUT2D eigenvalue weighted by Gasteiger charge is 2.06. The first-order chi connectivity index (χ1) is 11.2. The van der Waals surface area contributed by atoms with Gasteiger partial charge in [-0.05, 0) is 18.4 Å². The van der Waals surface area contributed by atoms with Crippen LogP contribution in [-0.2, 0) is 17.6 Å². The molecule has 1 aromatic carbocycles. The number of hydrogen-bond donors (Lipinski definition) is 2. The Balaban J connectivity index is 1.87. The summed E-state index contributed by atoms with van der Waals surface area (Å²) in [6, 6.07) is 11.7. The molecule has 0 saturated heterocycles. The molecule has 0 atom stereocenters. The number of anilines is 1. The number of hydrazine groups is 1. The van der Waals surface area contributed by atoms with Crippen LogP contribution in [0.2, 0.25) is 0 Å². The molecule has 6 nitrogen and oxygen atoms in total. The SMILES string of the molecule is CCCc1cc(OC)nc(NNC(=O)CCc2ccccc2)n1. The van der Waals surface area contributed by atoms with Crippen molar-refractivity contribution in [3.8, 4) is 5.88 Å². The zero-order chi connectivity index (χ0) is 16.5. The molecule has 1 aromatic heterocycles. The maximum atomic E-state index is 11.9. The van der Waals surface area contributed by atoms with Crippen molar-refractivity contribution in [2.75, 3.05) is 12.5 Å². The molecule has 122 valence electrons. The average Bonchev–Trinajstić information content (AvgIpc) is 2.59. The zero-order valence-electron chi connectivity index (χ0n) is 13.5. The number of methoxy groups -OCH3 is 1. The molecule has 1 amide bonds. The molecule has 2 rings (SSSR count). The molecule has 1 heterocycles. The Morgan fingerprint density at radius 3 is 2.65 bits per heavy atom. The van der Waals surface area contributed by atoms with Gasteiger partial charge in [0.1, 0.15) is 0 Å². The van der Waals surface area contributed by atoms with Crippen molar-refractivity contribution in [2.45, 2.75) is 32.6 Å². The number of nitrogens with one attached hydrogen (secondary N) is 2. The van der Waals surface area contributed by atoms with Gasteiger partial charge in [-0.3, -0.25) is 15.6 Å². The Hall–Kier alpha value is -2.63. The number of aryl methyl sites for hydroxylation is 2. The number of nitrogens with zero attached hydrogens (tertiary/aromatic N) is 2. The quantitative estimate of drug-likeness (QED) is 0.732. The number of ether oxygens (including phenoxy) is 1. The number of hydrogen-bond acceptors (Lipinski definition) is 5. The number of aromatic nitrogens is 2. The van der Waals surface area contributed by atoms with Crippen molar-refractivity contribution in [2.24, 2.45) is 0 Å². The van der Waals surface area contributed by atoms with Gasteiger partial charge in [-0.15, -0.1) is 0 Å². The molecule has 0 radical (unpaired) electrons. The van der Waals surface area contributed by atoms with Crippen molar-refractivity contribution >= 4 is 11.9 Å². The summed E-state index contributed by atoms with van der Waals surface area (Å²) in [5.41, 5.74) is 7.38. The van der Waals surface area contributed by atoms with Crippen LogP contribution in [0.4, 0.5) is 5.95 Å². The third kappa shape index (κ3) is 5.58. The lowest BCUT2D eigenvalue weighted by molar-refractivity contribution is -0.120. The van der Waals surface area contributed by atoms with E-state index in [1.807, 2.05) is 30.3 Å². The highest BCUT2D eigenvalue weighted by atomic mass is 16.5. The number of benzene rings is 1. The summed E-state index contributed by atoms with van der Waals surface area (Å²) < 4.78 is 5.15. The van der Waals surface area contributed by atoms with Crippen molar-refractivity contribution in [1.82, 2.24) is 15.4 Å². The van der Waals surface area contributed by atoms with E-state index in [2.05, 4.69) is 27.7 Å². The summed E-state index contributed by atoms with van der Waals surface area (Å²) in [4.78, 5) is 20.4. The number of carbonyl (C=O) groups excluding carboxylic acids is 1. The molecule has 6 heteroatoms. The highest BCUT2D eigenvalue weighted by Crippen LogP contribution is 2.12. The second-order valence-corrected chi connectivity index (χ2v) is 5.13. The standard InChI is InChI=1S/C17H22N4O2/c1-3-7-14-12-16(23-2)19-17(18-14)21-20-15(22)11-10-13-8-5-4-6-9-13/h4-6,8-9,12H,3,7,10-11H2,1-2H3,(H,20,22)(H,18,19,21). The maximum absolute atomic E-state index is 11.9. The molecule has 0 bridgehead atoms. The Kier molecular flexibility index (Phi) is 6.35. The van der Waals surface area contributed by atoms with Gasteiger partial charge in [0.2, 0.25) is 17.7 Å². The van der Waals surface area contributed by atoms with Crippen LogP contribution < -0.4 is 15.6 Å². The Bertz CT molecular complexity index is 632. The maximum Gasteiger partial charge on any atom is 0.245 e. The molecule has 0 aliphatic carbocycles. The fraction of sp³-hybridized carbons (Fsp3) is 0.353. The van der Waals surface area contributed by atoms with E-state index in [1.54, 1.807) is 13.2 Å². The molecule has 0 fully saturated rings. The van der Waals surface area contributed by atoms with Crippen LogP contribution in [0.1, 0.15) is 31.0 Å². The topological polar surface area (TPSA) is 76.1 Å². The Labute approximate surface area is 136 Å². The smallest absolute Gasteiger partial charge is 0.245 e. The van der Waals surface area contributed by atoms with Gasteiger partial charge >= 0.3 is 0 Å². The molecule has 0 saturated carbocycles. The third-order valence-corrected chi connectivity index (χ3v) is 3.27. The van der Waals surface area contributed by atoms with Gasteiger partial charge < -0.3 is 4.74 Å². The monoisotopic (exact) mass is 314 g/mol. The lowest BCUT2D eigenvalue weighted by Gasteiger charge is -2.10. The minimum atomic E-state index is -0.114. The summed E-state index contributed by atoms with van der Waals surface area (Å²) in [6.45, 7) is 2.08. The van der Waals surface area contributed by atoms with Crippen molar-refractivity contribution < 1.29 is 9.53 Å². The predicted molar refractivity (Wildman–Crippen MR) is 89.1 cm³/mol. The zero-order valence-corrected chi connectivity index (χ0v) is 13.5. The molecule has 0 aliphatic rings. The number of amides is 1. The van der Waals surface area contributed by atoms with Crippen LogP contribution in [0.5, 0.6) is 5.88 Å². The molecule has 2 N–H and O–H groups in total. The van der Waals surface area contributed by atoms with E-state index in [0.717, 1.165) is 24.1 Å². The van der Waals surface area contributed by atoms with Gasteiger partial charge in [0.15, 0.2) is 0 Å². The van der Waals surface area contributed by atoms with Crippen molar-refractivity contribution in [1.29, 1.82) is 0 Å². The van der Waals surface area contributed by atoms with E-state index in [-0.39, 0.29) is 5.91 Å². The van der Waals surface area contributed by atoms with E-state index in [4.69, 9.17) is 4.74 Å². The van der Waals surface area contributed by atoms with E-state index in [0.29, 0.717) is 24.7 Å². The first kappa shape index (κ1) is 16.7. The van der Waals surface area contributed by atoms with Crippen molar-refractivity contribution in [3.05, 3.63) is 47.7 Å². The second-order valence-electron chi connectivity index (χ2n) is 5.13. The highest BCUT2D eigenvalue weighted by molar-refractivity contribution is 5.77. The van der Waals surface area contributed by atoms with Crippen molar-refractivity contribution in [3.63, 3.8) is 0 Å². The lowest BCUT2D eigenvalue weighted by atomic mass is 10.1. The largest absolute Gasteiger partial charge is 0.481 e. The molecule has 0 unspecified atom stereocenters. The molecule has 23 heavy (non-hydrogen) atoms. The van der Waals surface area contributed by atoms with Gasteiger partial charge in [0.25, 0.3) is 0 Å². The summed E-state index contributed by atoms with van der Waals surface area (Å²) in [7, 11) is 1.56. The van der Waals surface area contributed by atoms with Crippen LogP contribution in [0.15, 0.2) is 36.4 Å². The van der Waals surface area contributed by atoms with Gasteiger partial charge in [0.05, 0.1) is 7.11 Å².